The Morgan fingerprint density at radius 2 is 2.29 bits per heavy atom. The number of rotatable bonds is 5. The number of carbonyl (C=O) groups is 1. The van der Waals surface area contributed by atoms with Gasteiger partial charge < -0.3 is 14.2 Å². The molecule has 2 aromatic rings. The van der Waals surface area contributed by atoms with E-state index >= 15 is 0 Å². The molecule has 0 saturated carbocycles. The van der Waals surface area contributed by atoms with Crippen molar-refractivity contribution in [3.8, 4) is 11.5 Å². The van der Waals surface area contributed by atoms with Crippen LogP contribution in [-0.2, 0) is 17.8 Å². The van der Waals surface area contributed by atoms with E-state index in [2.05, 4.69) is 15.0 Å². The number of nitrogens with zero attached hydrogens (tertiary/aromatic N) is 1. The van der Waals surface area contributed by atoms with Gasteiger partial charge in [-0.15, -0.1) is 0 Å². The molecule has 0 spiro atoms. The van der Waals surface area contributed by atoms with E-state index in [1.807, 2.05) is 0 Å². The molecule has 1 aromatic carbocycles. The Hall–Kier alpha value is -2.26. The van der Waals surface area contributed by atoms with Crippen LogP contribution in [0.2, 0.25) is 0 Å². The molecule has 1 amide bonds. The number of amides is 1. The van der Waals surface area contributed by atoms with Gasteiger partial charge in [0.25, 0.3) is 5.91 Å². The number of fused-ring (bicyclic) bond motifs is 1. The van der Waals surface area contributed by atoms with Crippen LogP contribution in [0.1, 0.15) is 20.9 Å². The number of halogens is 2. The van der Waals surface area contributed by atoms with Crippen LogP contribution < -0.4 is 14.8 Å². The van der Waals surface area contributed by atoms with Gasteiger partial charge in [-0.1, -0.05) is 17.4 Å². The zero-order valence-corrected chi connectivity index (χ0v) is 13.5. The molecule has 0 bridgehead atoms. The maximum atomic E-state index is 12.6. The molecule has 0 radical (unpaired) electrons. The lowest BCUT2D eigenvalue weighted by atomic mass is 10.1. The molecule has 0 atom stereocenters. The molecule has 1 aliphatic heterocycles. The Labute approximate surface area is 140 Å². The summed E-state index contributed by atoms with van der Waals surface area (Å²) in [6, 6.07) is 4.34. The van der Waals surface area contributed by atoms with E-state index in [1.54, 1.807) is 0 Å². The molecule has 0 saturated heterocycles. The van der Waals surface area contributed by atoms with Crippen LogP contribution in [0.25, 0.3) is 0 Å². The fourth-order valence-electron chi connectivity index (χ4n) is 2.31. The smallest absolute Gasteiger partial charge is 0.387 e. The number of carbonyl (C=O) groups excluding carboxylic acids is 1. The molecule has 24 heavy (non-hydrogen) atoms. The van der Waals surface area contributed by atoms with E-state index in [1.165, 1.54) is 36.6 Å². The second-order valence-electron chi connectivity index (χ2n) is 4.86. The summed E-state index contributed by atoms with van der Waals surface area (Å²) in [5.74, 6) is -0.858. The second kappa shape index (κ2) is 7.10. The Balaban J connectivity index is 1.85. The molecule has 6 nitrogen and oxygen atoms in total. The molecule has 9 heteroatoms. The number of alkyl halides is 2. The third-order valence-electron chi connectivity index (χ3n) is 3.37. The van der Waals surface area contributed by atoms with E-state index in [0.29, 0.717) is 24.8 Å². The number of benzene rings is 1. The minimum absolute atomic E-state index is 0.0507. The maximum Gasteiger partial charge on any atom is 0.387 e. The van der Waals surface area contributed by atoms with E-state index < -0.39 is 12.5 Å². The zero-order chi connectivity index (χ0) is 17.1. The molecule has 0 fully saturated rings. The number of para-hydroxylation sites is 1. The van der Waals surface area contributed by atoms with Crippen molar-refractivity contribution in [2.24, 2.45) is 0 Å². The zero-order valence-electron chi connectivity index (χ0n) is 12.7. The van der Waals surface area contributed by atoms with Gasteiger partial charge >= 0.3 is 6.61 Å². The number of hydrogen-bond acceptors (Lipinski definition) is 6. The summed E-state index contributed by atoms with van der Waals surface area (Å²) >= 11 is 1.30. The number of ether oxygens (including phenoxy) is 3. The van der Waals surface area contributed by atoms with Gasteiger partial charge in [0.1, 0.15) is 0 Å². The van der Waals surface area contributed by atoms with Crippen molar-refractivity contribution >= 4 is 22.4 Å². The number of anilines is 1. The number of nitrogens with one attached hydrogen (secondary N) is 1. The average molecular weight is 356 g/mol. The standard InChI is InChI=1S/C15H14F2N2O4S/c1-21-10-4-2-3-8(12(10)23-14(16)17)13(20)19-15-18-9-5-6-22-7-11(9)24-15/h2-4,14H,5-7H2,1H3,(H,18,19,20). The Kier molecular flexibility index (Phi) is 4.91. The van der Waals surface area contributed by atoms with Gasteiger partial charge in [0.15, 0.2) is 16.6 Å². The first-order valence-corrected chi connectivity index (χ1v) is 7.89. The van der Waals surface area contributed by atoms with Crippen molar-refractivity contribution < 1.29 is 27.8 Å². The van der Waals surface area contributed by atoms with Gasteiger partial charge in [0, 0.05) is 6.42 Å². The quantitative estimate of drug-likeness (QED) is 0.892. The number of thiazole rings is 1. The van der Waals surface area contributed by atoms with Crippen molar-refractivity contribution in [2.45, 2.75) is 19.6 Å². The van der Waals surface area contributed by atoms with Gasteiger partial charge in [0.05, 0.1) is 36.5 Å². The highest BCUT2D eigenvalue weighted by Crippen LogP contribution is 2.34. The number of aromatic nitrogens is 1. The third-order valence-corrected chi connectivity index (χ3v) is 4.35. The Bertz CT molecular complexity index is 728. The van der Waals surface area contributed by atoms with Crippen molar-refractivity contribution in [3.05, 3.63) is 34.3 Å². The molecule has 1 N–H and O–H groups in total. The molecule has 128 valence electrons. The lowest BCUT2D eigenvalue weighted by Gasteiger charge is -2.13. The van der Waals surface area contributed by atoms with E-state index in [9.17, 15) is 13.6 Å². The lowest BCUT2D eigenvalue weighted by molar-refractivity contribution is -0.0515. The fourth-order valence-corrected chi connectivity index (χ4v) is 3.25. The van der Waals surface area contributed by atoms with E-state index in [-0.39, 0.29) is 17.1 Å². The molecule has 1 aromatic heterocycles. The van der Waals surface area contributed by atoms with Gasteiger partial charge in [-0.3, -0.25) is 10.1 Å². The first-order valence-electron chi connectivity index (χ1n) is 7.08. The van der Waals surface area contributed by atoms with E-state index in [4.69, 9.17) is 9.47 Å². The highest BCUT2D eigenvalue weighted by molar-refractivity contribution is 7.15. The minimum Gasteiger partial charge on any atom is -0.493 e. The van der Waals surface area contributed by atoms with Gasteiger partial charge in [0.2, 0.25) is 0 Å². The molecule has 2 heterocycles. The van der Waals surface area contributed by atoms with Crippen LogP contribution in [0, 0.1) is 0 Å². The summed E-state index contributed by atoms with van der Waals surface area (Å²) < 4.78 is 40.0. The van der Waals surface area contributed by atoms with Crippen LogP contribution in [0.3, 0.4) is 0 Å². The molecule has 3 rings (SSSR count). The van der Waals surface area contributed by atoms with Gasteiger partial charge in [-0.2, -0.15) is 8.78 Å². The van der Waals surface area contributed by atoms with Crippen LogP contribution in [-0.4, -0.2) is 31.2 Å². The van der Waals surface area contributed by atoms with Crippen LogP contribution >= 0.6 is 11.3 Å². The molecule has 1 aliphatic rings. The van der Waals surface area contributed by atoms with Crippen molar-refractivity contribution in [1.82, 2.24) is 4.98 Å². The first kappa shape index (κ1) is 16.6. The van der Waals surface area contributed by atoms with Crippen LogP contribution in [0.4, 0.5) is 13.9 Å². The summed E-state index contributed by atoms with van der Waals surface area (Å²) in [5, 5.41) is 3.00. The summed E-state index contributed by atoms with van der Waals surface area (Å²) in [5.41, 5.74) is 0.829. The minimum atomic E-state index is -3.07. The van der Waals surface area contributed by atoms with Crippen molar-refractivity contribution in [2.75, 3.05) is 19.0 Å². The highest BCUT2D eigenvalue weighted by Gasteiger charge is 2.22. The predicted octanol–water partition coefficient (Wildman–Crippen LogP) is 3.08. The first-order chi connectivity index (χ1) is 11.6. The lowest BCUT2D eigenvalue weighted by Crippen LogP contribution is -2.15. The largest absolute Gasteiger partial charge is 0.493 e. The van der Waals surface area contributed by atoms with Crippen molar-refractivity contribution in [1.29, 1.82) is 0 Å². The molecule has 0 unspecified atom stereocenters. The topological polar surface area (TPSA) is 69.7 Å². The van der Waals surface area contributed by atoms with E-state index in [0.717, 1.165) is 10.6 Å². The van der Waals surface area contributed by atoms with Gasteiger partial charge in [-0.05, 0) is 12.1 Å². The normalized spacial score (nSPS) is 13.5. The molecule has 0 aliphatic carbocycles. The summed E-state index contributed by atoms with van der Waals surface area (Å²) in [7, 11) is 1.31. The van der Waals surface area contributed by atoms with Gasteiger partial charge in [-0.25, -0.2) is 4.98 Å². The fraction of sp³-hybridized carbons (Fsp3) is 0.333. The summed E-state index contributed by atoms with van der Waals surface area (Å²) in [6.07, 6.45) is 0.681. The average Bonchev–Trinajstić information content (AvgIpc) is 2.96. The summed E-state index contributed by atoms with van der Waals surface area (Å²) in [4.78, 5) is 17.7. The Morgan fingerprint density at radius 3 is 3.00 bits per heavy atom. The van der Waals surface area contributed by atoms with Crippen LogP contribution in [0.15, 0.2) is 18.2 Å². The highest BCUT2D eigenvalue weighted by atomic mass is 32.1. The number of hydrogen-bond donors (Lipinski definition) is 1. The number of methoxy groups -OCH3 is 1. The molecular weight excluding hydrogens is 342 g/mol. The monoisotopic (exact) mass is 356 g/mol. The van der Waals surface area contributed by atoms with Crippen LogP contribution in [0.5, 0.6) is 11.5 Å². The van der Waals surface area contributed by atoms with Crippen molar-refractivity contribution in [3.63, 3.8) is 0 Å². The predicted molar refractivity (Wildman–Crippen MR) is 83.1 cm³/mol. The third kappa shape index (κ3) is 3.46. The molecular formula is C15H14F2N2O4S. The Morgan fingerprint density at radius 1 is 1.46 bits per heavy atom. The second-order valence-corrected chi connectivity index (χ2v) is 5.94. The SMILES string of the molecule is COc1cccc(C(=O)Nc2nc3c(s2)COCC3)c1OC(F)F. The summed E-state index contributed by atoms with van der Waals surface area (Å²) in [6.45, 7) is -2.02. The maximum absolute atomic E-state index is 12.6.